The number of ether oxygens (including phenoxy) is 1. The second kappa shape index (κ2) is 11.2. The largest absolute Gasteiger partial charge is 0.496 e. The molecular formula is C28H34N7O2+. The van der Waals surface area contributed by atoms with Gasteiger partial charge in [0.15, 0.2) is 11.0 Å². The number of hydrogen-bond donors (Lipinski definition) is 1. The number of hydrogen-bond acceptors (Lipinski definition) is 6. The molecule has 0 unspecified atom stereocenters. The average Bonchev–Trinajstić information content (AvgIpc) is 3.27. The van der Waals surface area contributed by atoms with E-state index in [4.69, 9.17) is 13.8 Å². The zero-order valence-corrected chi connectivity index (χ0v) is 21.6. The number of amides is 1. The highest BCUT2D eigenvalue weighted by molar-refractivity contribution is 6.01. The predicted octanol–water partition coefficient (Wildman–Crippen LogP) is 2.97. The van der Waals surface area contributed by atoms with Gasteiger partial charge in [-0.15, -0.1) is 0 Å². The van der Waals surface area contributed by atoms with Crippen LogP contribution in [0.1, 0.15) is 15.5 Å². The van der Waals surface area contributed by atoms with E-state index in [0.29, 0.717) is 42.5 Å². The lowest BCUT2D eigenvalue weighted by molar-refractivity contribution is -0.645. The van der Waals surface area contributed by atoms with Gasteiger partial charge >= 0.3 is 0 Å². The van der Waals surface area contributed by atoms with E-state index in [1.165, 1.54) is 11.0 Å². The molecule has 4 rings (SSSR count). The molecule has 0 aliphatic carbocycles. The molecule has 2 aromatic carbocycles. The molecular weight excluding hydrogens is 466 g/mol. The third-order valence-electron chi connectivity index (χ3n) is 6.12. The number of fused-ring (bicyclic) bond motifs is 1. The number of anilines is 2. The predicted molar refractivity (Wildman–Crippen MR) is 146 cm³/mol. The number of aryl methyl sites for hydroxylation is 1. The third kappa shape index (κ3) is 5.78. The number of carbonyl (C=O) groups is 1. The van der Waals surface area contributed by atoms with Gasteiger partial charge in [-0.25, -0.2) is 9.55 Å². The van der Waals surface area contributed by atoms with Crippen molar-refractivity contribution in [1.82, 2.24) is 19.4 Å². The fourth-order valence-corrected chi connectivity index (χ4v) is 4.19. The Bertz CT molecular complexity index is 1530. The maximum absolute atomic E-state index is 12.3. The highest BCUT2D eigenvalue weighted by Crippen LogP contribution is 2.34. The second-order valence-electron chi connectivity index (χ2n) is 8.81. The fourth-order valence-electron chi connectivity index (χ4n) is 4.19. The summed E-state index contributed by atoms with van der Waals surface area (Å²) in [7, 11) is 6.95. The van der Waals surface area contributed by atoms with E-state index in [-0.39, 0.29) is 5.91 Å². The Balaban J connectivity index is 1.67. The number of carbonyl (C=O) groups excluding carboxylic acids is 1. The van der Waals surface area contributed by atoms with Crippen molar-refractivity contribution in [3.63, 3.8) is 0 Å². The summed E-state index contributed by atoms with van der Waals surface area (Å²) in [5.74, 6) is 1.54. The van der Waals surface area contributed by atoms with Gasteiger partial charge in [-0.2, -0.15) is 9.55 Å². The van der Waals surface area contributed by atoms with Gasteiger partial charge < -0.3 is 19.9 Å². The van der Waals surface area contributed by atoms with Crippen LogP contribution in [-0.4, -0.2) is 66.6 Å². The summed E-state index contributed by atoms with van der Waals surface area (Å²) in [6.07, 6.45) is 5.26. The topological polar surface area (TPSA) is 79.4 Å². The standard InChI is InChI=1S/C28H33N7O2/c1-7-28(36)30-21-16-20(25(37-6)18-24(21)33(4)15-14-32(2)3)17-26-29-13-12-27(31-26)35-19-34(5)22-10-8-9-11-23(22)35/h7-13,16,18-19H,1,14-15,17H2,2-6H3/p+1/i2D3. The molecule has 0 aliphatic heterocycles. The van der Waals surface area contributed by atoms with E-state index in [9.17, 15) is 4.79 Å². The molecule has 1 amide bonds. The summed E-state index contributed by atoms with van der Waals surface area (Å²) in [6, 6.07) is 13.6. The normalized spacial score (nSPS) is 12.6. The minimum Gasteiger partial charge on any atom is -0.496 e. The Hall–Kier alpha value is -4.24. The van der Waals surface area contributed by atoms with Gasteiger partial charge in [-0.3, -0.25) is 4.79 Å². The van der Waals surface area contributed by atoms with Crippen LogP contribution in [0.15, 0.2) is 67.6 Å². The maximum atomic E-state index is 12.3. The van der Waals surface area contributed by atoms with Gasteiger partial charge in [-0.1, -0.05) is 18.7 Å². The summed E-state index contributed by atoms with van der Waals surface area (Å²) in [6.45, 7) is 2.06. The van der Waals surface area contributed by atoms with Gasteiger partial charge in [0.25, 0.3) is 6.33 Å². The van der Waals surface area contributed by atoms with Crippen molar-refractivity contribution in [2.45, 2.75) is 6.42 Å². The SMILES string of the molecule is [2H]C([2H])([2H])N(C)CCN(C)c1cc(OC)c(Cc2nccc(-n3c[n+](C)c4ccccc43)n2)cc1NC(=O)C=C. The van der Waals surface area contributed by atoms with E-state index in [1.807, 2.05) is 70.9 Å². The Morgan fingerprint density at radius 3 is 2.84 bits per heavy atom. The van der Waals surface area contributed by atoms with Crippen molar-refractivity contribution in [2.75, 3.05) is 51.5 Å². The molecule has 0 fully saturated rings. The molecule has 0 atom stereocenters. The van der Waals surface area contributed by atoms with Crippen LogP contribution < -0.4 is 19.5 Å². The van der Waals surface area contributed by atoms with Crippen molar-refractivity contribution in [1.29, 1.82) is 0 Å². The number of imidazole rings is 1. The minimum absolute atomic E-state index is 0.290. The van der Waals surface area contributed by atoms with Crippen molar-refractivity contribution in [2.24, 2.45) is 7.05 Å². The fraction of sp³-hybridized carbons (Fsp3) is 0.286. The van der Waals surface area contributed by atoms with Crippen molar-refractivity contribution < 1.29 is 18.2 Å². The first-order valence-corrected chi connectivity index (χ1v) is 11.9. The van der Waals surface area contributed by atoms with Crippen molar-refractivity contribution in [3.8, 4) is 11.6 Å². The molecule has 1 N–H and O–H groups in total. The molecule has 0 aliphatic rings. The van der Waals surface area contributed by atoms with Crippen LogP contribution in [-0.2, 0) is 18.3 Å². The first-order valence-electron chi connectivity index (χ1n) is 13.4. The summed E-state index contributed by atoms with van der Waals surface area (Å²) < 4.78 is 32.6. The zero-order valence-electron chi connectivity index (χ0n) is 24.6. The number of benzene rings is 2. The number of rotatable bonds is 10. The molecule has 0 saturated heterocycles. The molecule has 2 heterocycles. The van der Waals surface area contributed by atoms with Gasteiger partial charge in [0.1, 0.15) is 11.6 Å². The molecule has 37 heavy (non-hydrogen) atoms. The number of likely N-dealkylation sites (N-methyl/N-ethyl adjacent to an activating group) is 2. The maximum Gasteiger partial charge on any atom is 0.251 e. The molecule has 4 aromatic rings. The lowest BCUT2D eigenvalue weighted by Crippen LogP contribution is -2.29. The molecule has 0 radical (unpaired) electrons. The lowest BCUT2D eigenvalue weighted by Gasteiger charge is -2.25. The van der Waals surface area contributed by atoms with E-state index in [2.05, 4.69) is 22.9 Å². The zero-order chi connectivity index (χ0) is 29.0. The Labute approximate surface area is 221 Å². The first kappa shape index (κ1) is 22.0. The van der Waals surface area contributed by atoms with Gasteiger partial charge in [-0.05, 0) is 38.3 Å². The van der Waals surface area contributed by atoms with Crippen LogP contribution in [0.4, 0.5) is 11.4 Å². The average molecular weight is 504 g/mol. The quantitative estimate of drug-likeness (QED) is 0.265. The van der Waals surface area contributed by atoms with E-state index < -0.39 is 6.98 Å². The van der Waals surface area contributed by atoms with Crippen LogP contribution in [0.2, 0.25) is 0 Å². The molecule has 192 valence electrons. The number of nitrogens with zero attached hydrogens (tertiary/aromatic N) is 6. The molecule has 9 nitrogen and oxygen atoms in total. The summed E-state index contributed by atoms with van der Waals surface area (Å²) in [4.78, 5) is 24.8. The summed E-state index contributed by atoms with van der Waals surface area (Å²) >= 11 is 0. The Morgan fingerprint density at radius 2 is 2.08 bits per heavy atom. The number of aromatic nitrogens is 4. The monoisotopic (exact) mass is 503 g/mol. The van der Waals surface area contributed by atoms with Crippen molar-refractivity contribution in [3.05, 3.63) is 79.0 Å². The highest BCUT2D eigenvalue weighted by Gasteiger charge is 2.19. The molecule has 0 bridgehead atoms. The summed E-state index contributed by atoms with van der Waals surface area (Å²) in [5, 5.41) is 2.87. The van der Waals surface area contributed by atoms with E-state index >= 15 is 0 Å². The first-order chi connectivity index (χ1) is 19.0. The van der Waals surface area contributed by atoms with Gasteiger partial charge in [0.2, 0.25) is 11.7 Å². The lowest BCUT2D eigenvalue weighted by atomic mass is 10.1. The van der Waals surface area contributed by atoms with Crippen LogP contribution in [0.25, 0.3) is 16.9 Å². The molecule has 0 saturated carbocycles. The van der Waals surface area contributed by atoms with Crippen LogP contribution >= 0.6 is 0 Å². The van der Waals surface area contributed by atoms with Crippen molar-refractivity contribution >= 4 is 28.3 Å². The smallest absolute Gasteiger partial charge is 0.251 e. The van der Waals surface area contributed by atoms with Crippen LogP contribution in [0.3, 0.4) is 0 Å². The third-order valence-corrected chi connectivity index (χ3v) is 6.12. The van der Waals surface area contributed by atoms with Gasteiger partial charge in [0.05, 0.1) is 25.5 Å². The van der Waals surface area contributed by atoms with E-state index in [0.717, 1.165) is 22.4 Å². The molecule has 2 aromatic heterocycles. The Kier molecular flexibility index (Phi) is 6.67. The molecule has 0 spiro atoms. The number of nitrogens with one attached hydrogen (secondary N) is 1. The minimum atomic E-state index is -2.19. The number of methoxy groups -OCH3 is 1. The summed E-state index contributed by atoms with van der Waals surface area (Å²) in [5.41, 5.74) is 4.10. The van der Waals surface area contributed by atoms with Crippen LogP contribution in [0.5, 0.6) is 5.75 Å². The Morgan fingerprint density at radius 1 is 1.27 bits per heavy atom. The van der Waals surface area contributed by atoms with Gasteiger partial charge in [0, 0.05) is 54.6 Å². The van der Waals surface area contributed by atoms with E-state index in [1.54, 1.807) is 20.4 Å². The molecule has 9 heteroatoms. The number of para-hydroxylation sites is 2. The second-order valence-corrected chi connectivity index (χ2v) is 8.81. The highest BCUT2D eigenvalue weighted by atomic mass is 16.5. The van der Waals surface area contributed by atoms with Crippen LogP contribution in [0, 0.1) is 0 Å².